The molecule has 0 aromatic carbocycles. The first-order chi connectivity index (χ1) is 1.41. The molecular weight excluding hydrogens is 109 g/mol. The quantitative estimate of drug-likeness (QED) is 0.422. The van der Waals surface area contributed by atoms with E-state index in [4.69, 9.17) is 0 Å². The van der Waals surface area contributed by atoms with Gasteiger partial charge >= 0.3 is 0 Å². The van der Waals surface area contributed by atoms with Crippen LogP contribution in [-0.2, 0) is 4.31 Å². The van der Waals surface area contributed by atoms with Gasteiger partial charge in [0.25, 0.3) is 0 Å². The predicted molar refractivity (Wildman–Crippen MR) is 31.6 cm³/mol. The van der Waals surface area contributed by atoms with Crippen molar-refractivity contribution >= 4 is 28.8 Å². The minimum atomic E-state index is 0. The maximum absolute atomic E-state index is 4.08. The van der Waals surface area contributed by atoms with Gasteiger partial charge in [0.2, 0.25) is 0 Å². The van der Waals surface area contributed by atoms with Crippen LogP contribution in [0.5, 0.6) is 0 Å². The van der Waals surface area contributed by atoms with Crippen LogP contribution in [0.25, 0.3) is 0 Å². The minimum absolute atomic E-state index is 0. The second-order valence-corrected chi connectivity index (χ2v) is 1.22. The van der Waals surface area contributed by atoms with Gasteiger partial charge in [0, 0.05) is 18.9 Å². The van der Waals surface area contributed by atoms with Crippen LogP contribution < -0.4 is 0 Å². The van der Waals surface area contributed by atoms with E-state index in [0.29, 0.717) is 0 Å². The van der Waals surface area contributed by atoms with E-state index < -0.39 is 0 Å². The Hall–Kier alpha value is 1.25. The van der Waals surface area contributed by atoms with Gasteiger partial charge in [-0.25, -0.2) is 0 Å². The lowest BCUT2D eigenvalue weighted by Crippen LogP contribution is -1.09. The van der Waals surface area contributed by atoms with Crippen LogP contribution in [0.4, 0.5) is 0 Å². The van der Waals surface area contributed by atoms with Gasteiger partial charge in [-0.1, -0.05) is 0 Å². The molecule has 3 unspecified atom stereocenters. The highest BCUT2D eigenvalue weighted by molar-refractivity contribution is 7.25. The molecule has 0 N–H and O–H groups in total. The zero-order valence-electron chi connectivity index (χ0n) is 2.27. The zero-order valence-corrected chi connectivity index (χ0v) is 5.99. The van der Waals surface area contributed by atoms with Crippen molar-refractivity contribution in [1.82, 2.24) is 0 Å². The van der Waals surface area contributed by atoms with Crippen LogP contribution in [0.2, 0.25) is 0 Å². The van der Waals surface area contributed by atoms with E-state index in [0.717, 1.165) is 0 Å². The molecule has 4 heteroatoms. The van der Waals surface area contributed by atoms with Gasteiger partial charge in [-0.15, -0.1) is 0 Å². The number of rotatable bonds is 0. The van der Waals surface area contributed by atoms with Gasteiger partial charge in [0.1, 0.15) is 0 Å². The third kappa shape index (κ3) is 10.5. The Balaban J connectivity index is 0. The molecule has 0 heterocycles. The Kier molecular flexibility index (Phi) is 19.9. The van der Waals surface area contributed by atoms with E-state index in [1.807, 2.05) is 18.9 Å². The van der Waals surface area contributed by atoms with Crippen LogP contribution in [-0.4, -0.2) is 0 Å². The molecule has 0 rings (SSSR count). The Morgan fingerprint density at radius 2 is 1.25 bits per heavy atom. The summed E-state index contributed by atoms with van der Waals surface area (Å²) in [4.78, 5) is 0. The summed E-state index contributed by atoms with van der Waals surface area (Å²) >= 11 is 0. The van der Waals surface area contributed by atoms with E-state index in [1.54, 1.807) is 0 Å². The van der Waals surface area contributed by atoms with Gasteiger partial charge in [-0.05, 0) is 0 Å². The second kappa shape index (κ2) is 8.87. The molecule has 1 nitrogen and oxygen atoms in total. The Morgan fingerprint density at radius 1 is 1.25 bits per heavy atom. The van der Waals surface area contributed by atoms with E-state index in [-0.39, 0.29) is 9.90 Å². The van der Waals surface area contributed by atoms with E-state index in [1.165, 1.54) is 0 Å². The molecule has 0 aliphatic rings. The van der Waals surface area contributed by atoms with E-state index in [2.05, 4.69) is 4.31 Å². The van der Waals surface area contributed by atoms with E-state index in [9.17, 15) is 0 Å². The molecule has 28 valence electrons. The van der Waals surface area contributed by atoms with Crippen molar-refractivity contribution in [3.8, 4) is 0 Å². The maximum Gasteiger partial charge on any atom is 0.00431 e. The van der Waals surface area contributed by atoms with Crippen molar-refractivity contribution in [2.24, 2.45) is 0 Å². The topological polar surface area (TPSA) is 9.23 Å². The highest BCUT2D eigenvalue weighted by Gasteiger charge is 1.25. The summed E-state index contributed by atoms with van der Waals surface area (Å²) in [6, 6.07) is 0. The lowest BCUT2D eigenvalue weighted by molar-refractivity contribution is 0.760. The fourth-order valence-corrected chi connectivity index (χ4v) is 0. The van der Waals surface area contributed by atoms with Crippen LogP contribution >= 0.6 is 28.8 Å². The molecule has 0 fully saturated rings. The summed E-state index contributed by atoms with van der Waals surface area (Å²) in [5, 5.41) is 0. The molecule has 3 atom stereocenters. The molecule has 0 aromatic rings. The van der Waals surface area contributed by atoms with Crippen molar-refractivity contribution in [2.45, 2.75) is 0 Å². The smallest absolute Gasteiger partial charge is 0.00431 e. The van der Waals surface area contributed by atoms with Crippen molar-refractivity contribution in [2.75, 3.05) is 0 Å². The zero-order chi connectivity index (χ0) is 2.71. The fraction of sp³-hybridized carbons (Fsp3) is 0. The van der Waals surface area contributed by atoms with Crippen LogP contribution in [0.15, 0.2) is 0 Å². The van der Waals surface area contributed by atoms with Crippen LogP contribution in [0.1, 0.15) is 0 Å². The summed E-state index contributed by atoms with van der Waals surface area (Å²) in [6.45, 7) is 0. The molecule has 0 saturated carbocycles. The Labute approximate surface area is 34.1 Å². The summed E-state index contributed by atoms with van der Waals surface area (Å²) in [5.41, 5.74) is 0. The lowest BCUT2D eigenvalue weighted by atomic mass is 15.9. The third-order valence-electron chi connectivity index (χ3n) is 0. The molecule has 0 aliphatic heterocycles. The monoisotopic (exact) mass is 116 g/mol. The highest BCUT2D eigenvalue weighted by atomic mass is 31.1. The van der Waals surface area contributed by atoms with Gasteiger partial charge in [-0.2, -0.15) is 9.90 Å². The molecule has 0 amide bonds. The van der Waals surface area contributed by atoms with Gasteiger partial charge in [0.05, 0.1) is 0 Å². The maximum atomic E-state index is 4.08. The normalized spacial score (nSPS) is 4.50. The summed E-state index contributed by atoms with van der Waals surface area (Å²) in [5.74, 6) is 0. The van der Waals surface area contributed by atoms with Gasteiger partial charge in [0.15, 0.2) is 0 Å². The average molecular weight is 116 g/mol. The van der Waals surface area contributed by atoms with Crippen molar-refractivity contribution in [3.63, 3.8) is 0 Å². The molecule has 0 radical (unpaired) electrons. The van der Waals surface area contributed by atoms with Crippen molar-refractivity contribution in [3.05, 3.63) is 0 Å². The molecule has 0 aliphatic carbocycles. The second-order valence-electron chi connectivity index (χ2n) is 0.136. The first kappa shape index (κ1) is 8.98. The number of hydrogen-bond donors (Lipinski definition) is 0. The first-order valence-corrected chi connectivity index (χ1v) is 1.41. The van der Waals surface area contributed by atoms with Gasteiger partial charge < -0.3 is 4.31 Å². The lowest BCUT2D eigenvalue weighted by Gasteiger charge is -1.60. The standard InChI is InChI=1S/H4OP2.H3P/c2-1-3;/h2-3H2;1H3. The molecule has 4 heavy (non-hydrogen) atoms. The first-order valence-electron chi connectivity index (χ1n) is 0.471. The SMILES string of the molecule is P.POP. The molecule has 0 spiro atoms. The van der Waals surface area contributed by atoms with E-state index >= 15 is 0 Å². The fourth-order valence-electron chi connectivity index (χ4n) is 0. The molecule has 0 saturated heterocycles. The highest BCUT2D eigenvalue weighted by Crippen LogP contribution is 1.89. The Bertz CT molecular complexity index is 3.25. The number of hydrogen-bond acceptors (Lipinski definition) is 1. The Morgan fingerprint density at radius 3 is 1.25 bits per heavy atom. The van der Waals surface area contributed by atoms with Crippen LogP contribution in [0, 0.1) is 0 Å². The molecule has 0 aromatic heterocycles. The minimum Gasteiger partial charge on any atom is -0.350 e. The van der Waals surface area contributed by atoms with Crippen LogP contribution in [0.3, 0.4) is 0 Å². The molecule has 0 bridgehead atoms. The average Bonchev–Trinajstić information content (AvgIpc) is 0.918. The summed E-state index contributed by atoms with van der Waals surface area (Å²) in [6.07, 6.45) is 0. The summed E-state index contributed by atoms with van der Waals surface area (Å²) in [7, 11) is 4.08. The molecular formula is H7OP3. The van der Waals surface area contributed by atoms with Gasteiger partial charge in [-0.3, -0.25) is 0 Å². The predicted octanol–water partition coefficient (Wildman–Crippen LogP) is 0.641. The largest absolute Gasteiger partial charge is 0.350 e. The summed E-state index contributed by atoms with van der Waals surface area (Å²) < 4.78 is 4.08. The van der Waals surface area contributed by atoms with Crippen molar-refractivity contribution in [1.29, 1.82) is 0 Å². The third-order valence-corrected chi connectivity index (χ3v) is 0. The van der Waals surface area contributed by atoms with Crippen molar-refractivity contribution < 1.29 is 4.31 Å².